The Morgan fingerprint density at radius 2 is 1.10 bits per heavy atom. The van der Waals surface area contributed by atoms with Crippen molar-refractivity contribution in [1.82, 2.24) is 0 Å². The van der Waals surface area contributed by atoms with Gasteiger partial charge in [0.15, 0.2) is 0 Å². The lowest BCUT2D eigenvalue weighted by atomic mass is 10.0. The van der Waals surface area contributed by atoms with E-state index in [4.69, 9.17) is 9.47 Å². The van der Waals surface area contributed by atoms with Crippen LogP contribution in [0.4, 0.5) is 0 Å². The molecule has 0 aliphatic carbocycles. The summed E-state index contributed by atoms with van der Waals surface area (Å²) in [7, 11) is 0. The Labute approximate surface area is 186 Å². The molecule has 4 heteroatoms. The van der Waals surface area contributed by atoms with Gasteiger partial charge in [0.1, 0.15) is 0 Å². The summed E-state index contributed by atoms with van der Waals surface area (Å²) < 4.78 is 10.6. The molecule has 0 radical (unpaired) electrons. The van der Waals surface area contributed by atoms with Crippen LogP contribution in [0.1, 0.15) is 137 Å². The molecule has 0 aliphatic heterocycles. The van der Waals surface area contributed by atoms with Crippen molar-refractivity contribution in [2.45, 2.75) is 143 Å². The van der Waals surface area contributed by atoms with Gasteiger partial charge in [0.2, 0.25) is 0 Å². The fourth-order valence-electron chi connectivity index (χ4n) is 3.75. The fourth-order valence-corrected chi connectivity index (χ4v) is 3.75. The first kappa shape index (κ1) is 28.9. The quantitative estimate of drug-likeness (QED) is 0.139. The van der Waals surface area contributed by atoms with Crippen molar-refractivity contribution in [1.29, 1.82) is 0 Å². The van der Waals surface area contributed by atoms with Gasteiger partial charge in [0.05, 0.1) is 12.7 Å². The Morgan fingerprint density at radius 3 is 1.60 bits per heavy atom. The number of carbonyl (C=O) groups excluding carboxylic acids is 2. The Hall–Kier alpha value is -1.06. The third kappa shape index (κ3) is 21.6. The molecule has 1 atom stereocenters. The zero-order chi connectivity index (χ0) is 22.5. The van der Waals surface area contributed by atoms with E-state index in [0.717, 1.165) is 19.3 Å². The van der Waals surface area contributed by atoms with Gasteiger partial charge < -0.3 is 9.47 Å². The van der Waals surface area contributed by atoms with E-state index in [9.17, 15) is 9.59 Å². The van der Waals surface area contributed by atoms with E-state index in [1.54, 1.807) is 0 Å². The minimum atomic E-state index is -0.215. The van der Waals surface area contributed by atoms with E-state index in [1.165, 1.54) is 70.6 Å². The van der Waals surface area contributed by atoms with Gasteiger partial charge in [0.25, 0.3) is 0 Å². The molecule has 0 saturated carbocycles. The van der Waals surface area contributed by atoms with Crippen LogP contribution in [-0.2, 0) is 19.1 Å². The highest BCUT2D eigenvalue weighted by Crippen LogP contribution is 2.13. The topological polar surface area (TPSA) is 52.6 Å². The summed E-state index contributed by atoms with van der Waals surface area (Å²) in [5.41, 5.74) is 0. The van der Waals surface area contributed by atoms with Crippen LogP contribution >= 0.6 is 0 Å². The molecule has 0 saturated heterocycles. The Morgan fingerprint density at radius 1 is 0.633 bits per heavy atom. The summed E-state index contributed by atoms with van der Waals surface area (Å²) >= 11 is 0. The maximum Gasteiger partial charge on any atom is 0.306 e. The fraction of sp³-hybridized carbons (Fsp3) is 0.923. The molecule has 0 heterocycles. The van der Waals surface area contributed by atoms with Crippen LogP contribution in [0.3, 0.4) is 0 Å². The van der Waals surface area contributed by atoms with Gasteiger partial charge >= 0.3 is 11.9 Å². The van der Waals surface area contributed by atoms with Crippen molar-refractivity contribution in [2.75, 3.05) is 6.61 Å². The summed E-state index contributed by atoms with van der Waals surface area (Å²) in [6.07, 6.45) is 18.9. The number of hydrogen-bond donors (Lipinski definition) is 0. The molecule has 0 rings (SSSR count). The average molecular weight is 427 g/mol. The van der Waals surface area contributed by atoms with Crippen LogP contribution in [0.15, 0.2) is 0 Å². The van der Waals surface area contributed by atoms with E-state index in [2.05, 4.69) is 20.8 Å². The summed E-state index contributed by atoms with van der Waals surface area (Å²) in [5.74, 6) is 0.0947. The molecule has 0 amide bonds. The largest absolute Gasteiger partial charge is 0.466 e. The second-order valence-corrected chi connectivity index (χ2v) is 9.25. The summed E-state index contributed by atoms with van der Waals surface area (Å²) in [5, 5.41) is 0. The van der Waals surface area contributed by atoms with Gasteiger partial charge in [-0.25, -0.2) is 0 Å². The van der Waals surface area contributed by atoms with E-state index < -0.39 is 0 Å². The third-order valence-corrected chi connectivity index (χ3v) is 5.41. The molecule has 4 nitrogen and oxygen atoms in total. The molecule has 0 aliphatic rings. The molecule has 1 unspecified atom stereocenters. The van der Waals surface area contributed by atoms with Crippen molar-refractivity contribution in [3.05, 3.63) is 0 Å². The van der Waals surface area contributed by atoms with Gasteiger partial charge in [-0.05, 0) is 32.1 Å². The molecule has 178 valence electrons. The number of esters is 2. The number of rotatable bonds is 21. The van der Waals surface area contributed by atoms with Crippen LogP contribution in [-0.4, -0.2) is 24.6 Å². The molecule has 0 bridgehead atoms. The third-order valence-electron chi connectivity index (χ3n) is 5.41. The Kier molecular flexibility index (Phi) is 20.4. The highest BCUT2D eigenvalue weighted by Gasteiger charge is 2.12. The van der Waals surface area contributed by atoms with Gasteiger partial charge in [0, 0.05) is 12.8 Å². The van der Waals surface area contributed by atoms with Gasteiger partial charge in [-0.1, -0.05) is 97.8 Å². The normalized spacial score (nSPS) is 12.2. The SMILES string of the molecule is CCCCCCCCCCCCCCCOC(=O)CCCC(=O)OC(C)CC(C)C. The van der Waals surface area contributed by atoms with Crippen molar-refractivity contribution < 1.29 is 19.1 Å². The molecular formula is C26H50O4. The lowest BCUT2D eigenvalue weighted by molar-refractivity contribution is -0.149. The first-order chi connectivity index (χ1) is 14.5. The second-order valence-electron chi connectivity index (χ2n) is 9.25. The maximum absolute atomic E-state index is 11.7. The first-order valence-corrected chi connectivity index (χ1v) is 12.8. The van der Waals surface area contributed by atoms with Crippen molar-refractivity contribution >= 4 is 11.9 Å². The zero-order valence-corrected chi connectivity index (χ0v) is 20.5. The molecule has 0 N–H and O–H groups in total. The van der Waals surface area contributed by atoms with Crippen molar-refractivity contribution in [3.63, 3.8) is 0 Å². The molecule has 0 fully saturated rings. The average Bonchev–Trinajstić information content (AvgIpc) is 2.67. The van der Waals surface area contributed by atoms with Crippen molar-refractivity contribution in [2.24, 2.45) is 5.92 Å². The van der Waals surface area contributed by atoms with Crippen LogP contribution in [0, 0.1) is 5.92 Å². The summed E-state index contributed by atoms with van der Waals surface area (Å²) in [6, 6.07) is 0. The van der Waals surface area contributed by atoms with Gasteiger partial charge in [-0.15, -0.1) is 0 Å². The monoisotopic (exact) mass is 426 g/mol. The van der Waals surface area contributed by atoms with Crippen LogP contribution < -0.4 is 0 Å². The van der Waals surface area contributed by atoms with E-state index in [1.807, 2.05) is 6.92 Å². The van der Waals surface area contributed by atoms with Crippen molar-refractivity contribution in [3.8, 4) is 0 Å². The van der Waals surface area contributed by atoms with E-state index >= 15 is 0 Å². The summed E-state index contributed by atoms with van der Waals surface area (Å²) in [4.78, 5) is 23.5. The smallest absolute Gasteiger partial charge is 0.306 e. The number of hydrogen-bond acceptors (Lipinski definition) is 4. The highest BCUT2D eigenvalue weighted by atomic mass is 16.5. The van der Waals surface area contributed by atoms with Gasteiger partial charge in [-0.2, -0.15) is 0 Å². The lowest BCUT2D eigenvalue weighted by Crippen LogP contribution is -2.17. The van der Waals surface area contributed by atoms with Crippen LogP contribution in [0.25, 0.3) is 0 Å². The summed E-state index contributed by atoms with van der Waals surface area (Å²) in [6.45, 7) is 8.91. The zero-order valence-electron chi connectivity index (χ0n) is 20.5. The van der Waals surface area contributed by atoms with Crippen LogP contribution in [0.5, 0.6) is 0 Å². The Balaban J connectivity index is 3.35. The van der Waals surface area contributed by atoms with E-state index in [0.29, 0.717) is 25.4 Å². The molecule has 30 heavy (non-hydrogen) atoms. The van der Waals surface area contributed by atoms with Gasteiger partial charge in [-0.3, -0.25) is 9.59 Å². The van der Waals surface area contributed by atoms with E-state index in [-0.39, 0.29) is 24.5 Å². The second kappa shape index (κ2) is 21.2. The Bertz CT molecular complexity index is 406. The molecular weight excluding hydrogens is 376 g/mol. The minimum absolute atomic E-state index is 0.0556. The van der Waals surface area contributed by atoms with Crippen LogP contribution in [0.2, 0.25) is 0 Å². The molecule has 0 aromatic carbocycles. The number of carbonyl (C=O) groups is 2. The highest BCUT2D eigenvalue weighted by molar-refractivity contribution is 5.72. The number of unbranched alkanes of at least 4 members (excludes halogenated alkanes) is 12. The minimum Gasteiger partial charge on any atom is -0.466 e. The molecule has 0 aromatic heterocycles. The molecule has 0 aromatic rings. The maximum atomic E-state index is 11.7. The lowest BCUT2D eigenvalue weighted by Gasteiger charge is -2.15. The predicted octanol–water partition coefficient (Wildman–Crippen LogP) is 7.77. The predicted molar refractivity (Wildman–Crippen MR) is 126 cm³/mol. The number of ether oxygens (including phenoxy) is 2. The first-order valence-electron chi connectivity index (χ1n) is 12.8. The molecule has 0 spiro atoms. The standard InChI is InChI=1S/C26H50O4/c1-5-6-7-8-9-10-11-12-13-14-15-16-17-21-29-25(27)19-18-20-26(28)30-24(4)22-23(2)3/h23-24H,5-22H2,1-4H3.